The van der Waals surface area contributed by atoms with E-state index in [1.165, 1.54) is 0 Å². The SMILES string of the molecule is N[C@@H](Cc1ccccc1)c1noc(=O)[nH]1. The fraction of sp³-hybridized carbons (Fsp3) is 0.200. The van der Waals surface area contributed by atoms with Crippen LogP contribution in [0.2, 0.25) is 0 Å². The Hall–Kier alpha value is -1.88. The molecule has 2 rings (SSSR count). The lowest BCUT2D eigenvalue weighted by Gasteiger charge is -2.06. The minimum atomic E-state index is -0.575. The lowest BCUT2D eigenvalue weighted by molar-refractivity contribution is 0.377. The highest BCUT2D eigenvalue weighted by molar-refractivity contribution is 5.16. The number of nitrogens with zero attached hydrogens (tertiary/aromatic N) is 1. The Morgan fingerprint density at radius 1 is 1.40 bits per heavy atom. The highest BCUT2D eigenvalue weighted by Gasteiger charge is 2.11. The lowest BCUT2D eigenvalue weighted by atomic mass is 10.1. The fourth-order valence-electron chi connectivity index (χ4n) is 1.37. The van der Waals surface area contributed by atoms with Crippen LogP contribution in [0.1, 0.15) is 17.4 Å². The minimum Gasteiger partial charge on any atom is -0.321 e. The molecule has 0 radical (unpaired) electrons. The van der Waals surface area contributed by atoms with Crippen LogP contribution in [-0.4, -0.2) is 10.1 Å². The Bertz CT molecular complexity index is 475. The van der Waals surface area contributed by atoms with Gasteiger partial charge < -0.3 is 5.73 Å². The van der Waals surface area contributed by atoms with Gasteiger partial charge in [-0.2, -0.15) is 0 Å². The molecule has 78 valence electrons. The van der Waals surface area contributed by atoms with Crippen molar-refractivity contribution < 1.29 is 4.52 Å². The minimum absolute atomic E-state index is 0.348. The Morgan fingerprint density at radius 3 is 2.73 bits per heavy atom. The van der Waals surface area contributed by atoms with Gasteiger partial charge in [0.1, 0.15) is 0 Å². The Balaban J connectivity index is 2.10. The van der Waals surface area contributed by atoms with Crippen molar-refractivity contribution in [1.29, 1.82) is 0 Å². The van der Waals surface area contributed by atoms with Crippen LogP contribution in [-0.2, 0) is 6.42 Å². The van der Waals surface area contributed by atoms with Gasteiger partial charge in [-0.05, 0) is 12.0 Å². The van der Waals surface area contributed by atoms with Crippen molar-refractivity contribution in [2.75, 3.05) is 0 Å². The molecule has 0 unspecified atom stereocenters. The van der Waals surface area contributed by atoms with Crippen LogP contribution in [0, 0.1) is 0 Å². The first kappa shape index (κ1) is 9.67. The van der Waals surface area contributed by atoms with Crippen LogP contribution in [0.3, 0.4) is 0 Å². The molecule has 0 spiro atoms. The smallest absolute Gasteiger partial charge is 0.321 e. The van der Waals surface area contributed by atoms with Gasteiger partial charge in [0, 0.05) is 0 Å². The maximum Gasteiger partial charge on any atom is 0.438 e. The van der Waals surface area contributed by atoms with E-state index in [-0.39, 0.29) is 6.04 Å². The average molecular weight is 205 g/mol. The van der Waals surface area contributed by atoms with Gasteiger partial charge in [-0.25, -0.2) is 4.79 Å². The number of benzene rings is 1. The third-order valence-electron chi connectivity index (χ3n) is 2.11. The summed E-state index contributed by atoms with van der Waals surface area (Å²) in [6.45, 7) is 0. The highest BCUT2D eigenvalue weighted by atomic mass is 16.5. The molecular formula is C10H11N3O2. The molecule has 0 aliphatic carbocycles. The van der Waals surface area contributed by atoms with E-state index in [9.17, 15) is 4.79 Å². The van der Waals surface area contributed by atoms with Crippen LogP contribution in [0.4, 0.5) is 0 Å². The number of aromatic nitrogens is 2. The second-order valence-corrected chi connectivity index (χ2v) is 3.28. The Morgan fingerprint density at radius 2 is 2.13 bits per heavy atom. The third-order valence-corrected chi connectivity index (χ3v) is 2.11. The van der Waals surface area contributed by atoms with E-state index in [2.05, 4.69) is 14.7 Å². The summed E-state index contributed by atoms with van der Waals surface area (Å²) in [5.41, 5.74) is 6.94. The molecule has 0 amide bonds. The van der Waals surface area contributed by atoms with Crippen molar-refractivity contribution >= 4 is 0 Å². The molecule has 5 nitrogen and oxygen atoms in total. The normalized spacial score (nSPS) is 12.6. The van der Waals surface area contributed by atoms with Crippen molar-refractivity contribution in [2.45, 2.75) is 12.5 Å². The number of rotatable bonds is 3. The van der Waals surface area contributed by atoms with Crippen LogP contribution in [0.25, 0.3) is 0 Å². The number of nitrogens with two attached hydrogens (primary N) is 1. The van der Waals surface area contributed by atoms with Crippen molar-refractivity contribution in [2.24, 2.45) is 5.73 Å². The van der Waals surface area contributed by atoms with Gasteiger partial charge in [-0.3, -0.25) is 9.51 Å². The Kier molecular flexibility index (Phi) is 2.64. The van der Waals surface area contributed by atoms with Crippen molar-refractivity contribution in [3.05, 3.63) is 52.3 Å². The number of hydrogen-bond donors (Lipinski definition) is 2. The highest BCUT2D eigenvalue weighted by Crippen LogP contribution is 2.10. The zero-order valence-electron chi connectivity index (χ0n) is 8.01. The van der Waals surface area contributed by atoms with Gasteiger partial charge in [0.25, 0.3) is 0 Å². The van der Waals surface area contributed by atoms with E-state index in [0.717, 1.165) is 5.56 Å². The van der Waals surface area contributed by atoms with Crippen LogP contribution in [0.5, 0.6) is 0 Å². The van der Waals surface area contributed by atoms with E-state index < -0.39 is 5.76 Å². The summed E-state index contributed by atoms with van der Waals surface area (Å²) in [4.78, 5) is 13.1. The maximum absolute atomic E-state index is 10.7. The van der Waals surface area contributed by atoms with E-state index in [0.29, 0.717) is 12.2 Å². The van der Waals surface area contributed by atoms with Crippen molar-refractivity contribution in [1.82, 2.24) is 10.1 Å². The van der Waals surface area contributed by atoms with Gasteiger partial charge in [-0.15, -0.1) is 0 Å². The Labute approximate surface area is 85.9 Å². The summed E-state index contributed by atoms with van der Waals surface area (Å²) < 4.78 is 4.38. The largest absolute Gasteiger partial charge is 0.438 e. The molecule has 1 aromatic heterocycles. The number of H-pyrrole nitrogens is 1. The first-order valence-electron chi connectivity index (χ1n) is 4.61. The standard InChI is InChI=1S/C10H11N3O2/c11-8(9-12-10(14)15-13-9)6-7-4-2-1-3-5-7/h1-5,8H,6,11H2,(H,12,13,14)/t8-/m0/s1. The fourth-order valence-corrected chi connectivity index (χ4v) is 1.37. The van der Waals surface area contributed by atoms with E-state index >= 15 is 0 Å². The summed E-state index contributed by atoms with van der Waals surface area (Å²) in [6.07, 6.45) is 0.614. The van der Waals surface area contributed by atoms with Gasteiger partial charge in [0.2, 0.25) is 0 Å². The molecule has 1 atom stereocenters. The summed E-state index contributed by atoms with van der Waals surface area (Å²) >= 11 is 0. The third kappa shape index (κ3) is 2.32. The van der Waals surface area contributed by atoms with Gasteiger partial charge in [0.15, 0.2) is 5.82 Å². The second kappa shape index (κ2) is 4.10. The van der Waals surface area contributed by atoms with Crippen LogP contribution in [0.15, 0.2) is 39.6 Å². The first-order chi connectivity index (χ1) is 7.25. The first-order valence-corrected chi connectivity index (χ1v) is 4.61. The average Bonchev–Trinajstić information content (AvgIpc) is 2.66. The lowest BCUT2D eigenvalue weighted by Crippen LogP contribution is -2.15. The molecule has 3 N–H and O–H groups in total. The predicted molar refractivity (Wildman–Crippen MR) is 54.2 cm³/mol. The summed E-state index contributed by atoms with van der Waals surface area (Å²) in [6, 6.07) is 9.41. The molecule has 1 aromatic carbocycles. The zero-order valence-corrected chi connectivity index (χ0v) is 8.01. The van der Waals surface area contributed by atoms with Crippen molar-refractivity contribution in [3.63, 3.8) is 0 Å². The molecule has 1 heterocycles. The molecule has 0 aliphatic heterocycles. The summed E-state index contributed by atoms with van der Waals surface area (Å²) in [7, 11) is 0. The van der Waals surface area contributed by atoms with Gasteiger partial charge in [0.05, 0.1) is 6.04 Å². The molecule has 0 saturated carbocycles. The second-order valence-electron chi connectivity index (χ2n) is 3.28. The molecule has 5 heteroatoms. The zero-order chi connectivity index (χ0) is 10.7. The molecule has 0 fully saturated rings. The topological polar surface area (TPSA) is 84.9 Å². The number of nitrogens with one attached hydrogen (secondary N) is 1. The number of aromatic amines is 1. The summed E-state index contributed by atoms with van der Waals surface area (Å²) in [5.74, 6) is -0.197. The summed E-state index contributed by atoms with van der Waals surface area (Å²) in [5, 5.41) is 3.54. The molecule has 0 bridgehead atoms. The van der Waals surface area contributed by atoms with Crippen molar-refractivity contribution in [3.8, 4) is 0 Å². The predicted octanol–water partition coefficient (Wildman–Crippen LogP) is 0.605. The molecular weight excluding hydrogens is 194 g/mol. The van der Waals surface area contributed by atoms with E-state index in [1.807, 2.05) is 30.3 Å². The molecule has 2 aromatic rings. The van der Waals surface area contributed by atoms with Gasteiger partial charge >= 0.3 is 5.76 Å². The van der Waals surface area contributed by atoms with E-state index in [1.54, 1.807) is 0 Å². The molecule has 0 saturated heterocycles. The quantitative estimate of drug-likeness (QED) is 0.768. The monoisotopic (exact) mass is 205 g/mol. The van der Waals surface area contributed by atoms with Crippen LogP contribution < -0.4 is 11.5 Å². The van der Waals surface area contributed by atoms with Crippen LogP contribution >= 0.6 is 0 Å². The number of hydrogen-bond acceptors (Lipinski definition) is 4. The molecule has 15 heavy (non-hydrogen) atoms. The van der Waals surface area contributed by atoms with E-state index in [4.69, 9.17) is 5.73 Å². The van der Waals surface area contributed by atoms with Gasteiger partial charge in [-0.1, -0.05) is 35.5 Å². The maximum atomic E-state index is 10.7. The molecule has 0 aliphatic rings.